The Kier molecular flexibility index (Phi) is 4.82. The molecule has 0 aliphatic rings. The van der Waals surface area contributed by atoms with E-state index in [1.165, 1.54) is 0 Å². The van der Waals surface area contributed by atoms with Crippen LogP contribution in [0.2, 0.25) is 0 Å². The number of ether oxygens (including phenoxy) is 1. The molecule has 4 nitrogen and oxygen atoms in total. The molecule has 0 bridgehead atoms. The zero-order valence-corrected chi connectivity index (χ0v) is 10.3. The minimum absolute atomic E-state index is 0.165. The predicted molar refractivity (Wildman–Crippen MR) is 63.9 cm³/mol. The summed E-state index contributed by atoms with van der Waals surface area (Å²) in [6.07, 6.45) is 0.684. The number of nitrogens with one attached hydrogen (secondary N) is 1. The summed E-state index contributed by atoms with van der Waals surface area (Å²) in [7, 11) is 1.62. The predicted octanol–water partition coefficient (Wildman–Crippen LogP) is 2.06. The Bertz CT molecular complexity index is 340. The van der Waals surface area contributed by atoms with E-state index in [2.05, 4.69) is 18.5 Å². The maximum Gasteiger partial charge on any atom is 0.162 e. The zero-order chi connectivity index (χ0) is 12.9. The maximum atomic E-state index is 10.8. The molecular weight excluding hydrogens is 206 g/mol. The number of aldehydes is 1. The SMILES string of the molecule is C=C(O)/C(NC)=C(/OC(C)(C)C=O)C(=C)C. The van der Waals surface area contributed by atoms with E-state index in [1.54, 1.807) is 27.8 Å². The number of allylic oxidation sites excluding steroid dienone is 1. The molecule has 0 atom stereocenters. The van der Waals surface area contributed by atoms with Crippen LogP contribution in [-0.4, -0.2) is 24.0 Å². The minimum atomic E-state index is -0.980. The van der Waals surface area contributed by atoms with Crippen molar-refractivity contribution in [1.82, 2.24) is 5.32 Å². The second-order valence-electron chi connectivity index (χ2n) is 4.00. The number of aliphatic hydroxyl groups excluding tert-OH is 1. The fraction of sp³-hybridized carbons (Fsp3) is 0.417. The van der Waals surface area contributed by atoms with Gasteiger partial charge in [-0.3, -0.25) is 4.79 Å². The second-order valence-corrected chi connectivity index (χ2v) is 4.00. The van der Waals surface area contributed by atoms with Crippen molar-refractivity contribution in [3.63, 3.8) is 0 Å². The van der Waals surface area contributed by atoms with Crippen LogP contribution in [0, 0.1) is 0 Å². The molecule has 0 aromatic rings. The monoisotopic (exact) mass is 225 g/mol. The summed E-state index contributed by atoms with van der Waals surface area (Å²) in [5, 5.41) is 12.1. The molecule has 0 saturated heterocycles. The molecule has 0 aromatic heterocycles. The van der Waals surface area contributed by atoms with E-state index in [9.17, 15) is 9.90 Å². The highest BCUT2D eigenvalue weighted by Gasteiger charge is 2.23. The van der Waals surface area contributed by atoms with Crippen molar-refractivity contribution >= 4 is 6.29 Å². The Morgan fingerprint density at radius 3 is 2.19 bits per heavy atom. The first kappa shape index (κ1) is 14.3. The van der Waals surface area contributed by atoms with Gasteiger partial charge in [0.25, 0.3) is 0 Å². The van der Waals surface area contributed by atoms with Gasteiger partial charge in [0, 0.05) is 7.05 Å². The Hall–Kier alpha value is -1.71. The van der Waals surface area contributed by atoms with Crippen molar-refractivity contribution in [2.24, 2.45) is 0 Å². The molecule has 0 rings (SSSR count). The van der Waals surface area contributed by atoms with Gasteiger partial charge in [-0.05, 0) is 26.3 Å². The number of carbonyl (C=O) groups is 1. The maximum absolute atomic E-state index is 10.8. The van der Waals surface area contributed by atoms with Crippen LogP contribution in [0.15, 0.2) is 35.9 Å². The normalized spacial score (nSPS) is 12.5. The fourth-order valence-corrected chi connectivity index (χ4v) is 1.03. The lowest BCUT2D eigenvalue weighted by Gasteiger charge is -2.24. The second kappa shape index (κ2) is 5.39. The topological polar surface area (TPSA) is 58.6 Å². The highest BCUT2D eigenvalue weighted by molar-refractivity contribution is 5.61. The van der Waals surface area contributed by atoms with Crippen LogP contribution in [0.1, 0.15) is 20.8 Å². The van der Waals surface area contributed by atoms with Crippen molar-refractivity contribution < 1.29 is 14.6 Å². The molecule has 0 saturated carbocycles. The zero-order valence-electron chi connectivity index (χ0n) is 10.3. The van der Waals surface area contributed by atoms with E-state index < -0.39 is 5.60 Å². The molecule has 0 radical (unpaired) electrons. The van der Waals surface area contributed by atoms with E-state index in [0.717, 1.165) is 0 Å². The number of hydrogen-bond donors (Lipinski definition) is 2. The van der Waals surface area contributed by atoms with E-state index in [4.69, 9.17) is 4.74 Å². The standard InChI is InChI=1S/C12H19NO3/c1-8(2)11(10(13-6)9(3)15)16-12(4,5)7-14/h7,13,15H,1,3H2,2,4-6H3/b11-10-. The van der Waals surface area contributed by atoms with Crippen LogP contribution < -0.4 is 5.32 Å². The van der Waals surface area contributed by atoms with Crippen molar-refractivity contribution in [2.45, 2.75) is 26.4 Å². The van der Waals surface area contributed by atoms with Crippen LogP contribution >= 0.6 is 0 Å². The lowest BCUT2D eigenvalue weighted by molar-refractivity contribution is -0.122. The third-order valence-corrected chi connectivity index (χ3v) is 1.80. The van der Waals surface area contributed by atoms with E-state index in [1.807, 2.05) is 0 Å². The first-order chi connectivity index (χ1) is 7.25. The summed E-state index contributed by atoms with van der Waals surface area (Å²) in [6, 6.07) is 0. The van der Waals surface area contributed by atoms with E-state index >= 15 is 0 Å². The summed E-state index contributed by atoms with van der Waals surface area (Å²) in [5.41, 5.74) is -0.0665. The highest BCUT2D eigenvalue weighted by atomic mass is 16.5. The van der Waals surface area contributed by atoms with Crippen molar-refractivity contribution in [1.29, 1.82) is 0 Å². The van der Waals surface area contributed by atoms with Gasteiger partial charge < -0.3 is 15.2 Å². The van der Waals surface area contributed by atoms with Crippen LogP contribution in [-0.2, 0) is 9.53 Å². The first-order valence-corrected chi connectivity index (χ1v) is 4.86. The van der Waals surface area contributed by atoms with Crippen LogP contribution in [0.25, 0.3) is 0 Å². The van der Waals surface area contributed by atoms with Crippen molar-refractivity contribution in [3.8, 4) is 0 Å². The summed E-state index contributed by atoms with van der Waals surface area (Å²) in [5.74, 6) is 0.161. The van der Waals surface area contributed by atoms with Gasteiger partial charge in [-0.15, -0.1) is 0 Å². The van der Waals surface area contributed by atoms with Gasteiger partial charge in [-0.2, -0.15) is 0 Å². The molecule has 90 valence electrons. The highest BCUT2D eigenvalue weighted by Crippen LogP contribution is 2.22. The Morgan fingerprint density at radius 2 is 1.94 bits per heavy atom. The molecule has 0 aliphatic carbocycles. The smallest absolute Gasteiger partial charge is 0.162 e. The van der Waals surface area contributed by atoms with Gasteiger partial charge in [0.2, 0.25) is 0 Å². The first-order valence-electron chi connectivity index (χ1n) is 4.86. The van der Waals surface area contributed by atoms with Gasteiger partial charge in [-0.1, -0.05) is 13.2 Å². The summed E-state index contributed by atoms with van der Waals surface area (Å²) in [6.45, 7) is 12.1. The van der Waals surface area contributed by atoms with Gasteiger partial charge in [0.1, 0.15) is 17.2 Å². The Morgan fingerprint density at radius 1 is 1.44 bits per heavy atom. The molecule has 0 amide bonds. The molecule has 0 unspecified atom stereocenters. The molecule has 0 heterocycles. The Balaban J connectivity index is 5.39. The van der Waals surface area contributed by atoms with E-state index in [0.29, 0.717) is 23.3 Å². The average molecular weight is 225 g/mol. The average Bonchev–Trinajstić information content (AvgIpc) is 2.16. The van der Waals surface area contributed by atoms with Crippen molar-refractivity contribution in [3.05, 3.63) is 35.9 Å². The largest absolute Gasteiger partial charge is 0.506 e. The van der Waals surface area contributed by atoms with Gasteiger partial charge in [0.05, 0.1) is 0 Å². The van der Waals surface area contributed by atoms with Gasteiger partial charge in [-0.25, -0.2) is 0 Å². The molecule has 0 spiro atoms. The van der Waals surface area contributed by atoms with Crippen LogP contribution in [0.3, 0.4) is 0 Å². The molecule has 4 heteroatoms. The molecule has 0 aliphatic heterocycles. The molecule has 0 aromatic carbocycles. The third-order valence-electron chi connectivity index (χ3n) is 1.80. The van der Waals surface area contributed by atoms with Crippen molar-refractivity contribution in [2.75, 3.05) is 7.05 Å². The lowest BCUT2D eigenvalue weighted by atomic mass is 10.1. The quantitative estimate of drug-likeness (QED) is 0.412. The summed E-state index contributed by atoms with van der Waals surface area (Å²) >= 11 is 0. The van der Waals surface area contributed by atoms with Gasteiger partial charge >= 0.3 is 0 Å². The molecule has 2 N–H and O–H groups in total. The number of aliphatic hydroxyl groups is 1. The van der Waals surface area contributed by atoms with Crippen LogP contribution in [0.5, 0.6) is 0 Å². The molecule has 0 fully saturated rings. The van der Waals surface area contributed by atoms with Gasteiger partial charge in [0.15, 0.2) is 11.9 Å². The lowest BCUT2D eigenvalue weighted by Crippen LogP contribution is -2.28. The molecular formula is C12H19NO3. The van der Waals surface area contributed by atoms with Crippen LogP contribution in [0.4, 0.5) is 0 Å². The third kappa shape index (κ3) is 3.81. The van der Waals surface area contributed by atoms with E-state index in [-0.39, 0.29) is 5.76 Å². The summed E-state index contributed by atoms with van der Waals surface area (Å²) in [4.78, 5) is 10.8. The summed E-state index contributed by atoms with van der Waals surface area (Å²) < 4.78 is 5.49. The number of hydrogen-bond acceptors (Lipinski definition) is 4. The Labute approximate surface area is 96.3 Å². The minimum Gasteiger partial charge on any atom is -0.506 e. The molecule has 16 heavy (non-hydrogen) atoms. The fourth-order valence-electron chi connectivity index (χ4n) is 1.03. The number of likely N-dealkylation sites (N-methyl/N-ethyl adjacent to an activating group) is 1. The number of carbonyl (C=O) groups excluding carboxylic acids is 1. The number of rotatable bonds is 6.